The van der Waals surface area contributed by atoms with Crippen molar-refractivity contribution in [3.63, 3.8) is 0 Å². The Kier molecular flexibility index (Phi) is 4.62. The van der Waals surface area contributed by atoms with Crippen LogP contribution in [0.25, 0.3) is 11.0 Å². The van der Waals surface area contributed by atoms with Crippen LogP contribution in [-0.4, -0.2) is 15.4 Å². The maximum Gasteiger partial charge on any atom is 0.139 e. The van der Waals surface area contributed by atoms with Crippen LogP contribution in [0.1, 0.15) is 25.6 Å². The molecule has 18 heavy (non-hydrogen) atoms. The Hall–Kier alpha value is -0.610. The molecular formula is C13H15BrClFN2. The summed E-state index contributed by atoms with van der Waals surface area (Å²) in [6.45, 7) is 3.05. The molecule has 1 aromatic heterocycles. The summed E-state index contributed by atoms with van der Waals surface area (Å²) >= 11 is 9.02. The fourth-order valence-corrected chi connectivity index (χ4v) is 2.51. The predicted molar refractivity (Wildman–Crippen MR) is 76.7 cm³/mol. The Balaban J connectivity index is 2.53. The Bertz CT molecular complexity index is 553. The molecule has 2 rings (SSSR count). The highest BCUT2D eigenvalue weighted by molar-refractivity contribution is 9.10. The number of rotatable bonds is 5. The molecule has 0 unspecified atom stereocenters. The van der Waals surface area contributed by atoms with E-state index in [4.69, 9.17) is 11.6 Å². The number of hydrogen-bond donors (Lipinski definition) is 0. The maximum absolute atomic E-state index is 13.5. The van der Waals surface area contributed by atoms with E-state index in [1.54, 1.807) is 6.07 Å². The van der Waals surface area contributed by atoms with Crippen LogP contribution in [0.4, 0.5) is 4.39 Å². The second-order valence-electron chi connectivity index (χ2n) is 4.23. The Morgan fingerprint density at radius 2 is 2.22 bits per heavy atom. The van der Waals surface area contributed by atoms with Gasteiger partial charge in [-0.25, -0.2) is 9.37 Å². The van der Waals surface area contributed by atoms with E-state index in [0.717, 1.165) is 30.7 Å². The standard InChI is InChI=1S/C13H15BrClFN2/c1-2-3-6-18-12-7-9(14)10(16)8-11(12)17-13(18)4-5-15/h7-8H,2-6H2,1H3. The van der Waals surface area contributed by atoms with Crippen LogP contribution in [0.5, 0.6) is 0 Å². The molecule has 2 nitrogen and oxygen atoms in total. The predicted octanol–water partition coefficient (Wildman–Crippen LogP) is 4.52. The van der Waals surface area contributed by atoms with Crippen molar-refractivity contribution in [3.8, 4) is 0 Å². The van der Waals surface area contributed by atoms with Gasteiger partial charge in [0, 0.05) is 24.9 Å². The molecule has 0 aliphatic heterocycles. The van der Waals surface area contributed by atoms with Crippen molar-refractivity contribution in [1.82, 2.24) is 9.55 Å². The molecule has 1 heterocycles. The molecule has 0 saturated heterocycles. The van der Waals surface area contributed by atoms with Gasteiger partial charge in [0.2, 0.25) is 0 Å². The number of hydrogen-bond acceptors (Lipinski definition) is 1. The quantitative estimate of drug-likeness (QED) is 0.736. The zero-order chi connectivity index (χ0) is 13.1. The van der Waals surface area contributed by atoms with Crippen LogP contribution in [0.2, 0.25) is 0 Å². The number of imidazole rings is 1. The maximum atomic E-state index is 13.5. The van der Waals surface area contributed by atoms with Crippen LogP contribution in [0.15, 0.2) is 16.6 Å². The second kappa shape index (κ2) is 6.02. The van der Waals surface area contributed by atoms with Gasteiger partial charge in [-0.2, -0.15) is 0 Å². The average Bonchev–Trinajstić information content (AvgIpc) is 2.65. The zero-order valence-electron chi connectivity index (χ0n) is 10.2. The summed E-state index contributed by atoms with van der Waals surface area (Å²) in [5.74, 6) is 1.19. The summed E-state index contributed by atoms with van der Waals surface area (Å²) in [6, 6.07) is 3.27. The third-order valence-corrected chi connectivity index (χ3v) is 3.72. The van der Waals surface area contributed by atoms with Crippen LogP contribution >= 0.6 is 27.5 Å². The normalized spacial score (nSPS) is 11.3. The molecule has 0 aliphatic rings. The molecule has 5 heteroatoms. The van der Waals surface area contributed by atoms with Gasteiger partial charge in [-0.15, -0.1) is 11.6 Å². The lowest BCUT2D eigenvalue weighted by molar-refractivity contribution is 0.617. The molecule has 0 fully saturated rings. The number of fused-ring (bicyclic) bond motifs is 1. The van der Waals surface area contributed by atoms with Gasteiger partial charge in [0.1, 0.15) is 11.6 Å². The molecule has 2 aromatic rings. The Labute approximate surface area is 119 Å². The molecule has 1 aromatic carbocycles. The van der Waals surface area contributed by atoms with Crippen molar-refractivity contribution in [2.45, 2.75) is 32.7 Å². The number of aryl methyl sites for hydroxylation is 2. The minimum atomic E-state index is -0.278. The molecule has 0 aliphatic carbocycles. The van der Waals surface area contributed by atoms with E-state index in [-0.39, 0.29) is 5.82 Å². The summed E-state index contributed by atoms with van der Waals surface area (Å²) in [5, 5.41) is 0. The van der Waals surface area contributed by atoms with Gasteiger partial charge in [0.05, 0.1) is 15.5 Å². The largest absolute Gasteiger partial charge is 0.328 e. The minimum absolute atomic E-state index is 0.278. The van der Waals surface area contributed by atoms with Crippen LogP contribution in [0, 0.1) is 5.82 Å². The monoisotopic (exact) mass is 332 g/mol. The lowest BCUT2D eigenvalue weighted by atomic mass is 10.3. The van der Waals surface area contributed by atoms with Gasteiger partial charge in [-0.1, -0.05) is 13.3 Å². The summed E-state index contributed by atoms with van der Waals surface area (Å²) in [7, 11) is 0. The first-order valence-electron chi connectivity index (χ1n) is 6.07. The van der Waals surface area contributed by atoms with E-state index in [9.17, 15) is 4.39 Å². The number of aromatic nitrogens is 2. The second-order valence-corrected chi connectivity index (χ2v) is 5.46. The summed E-state index contributed by atoms with van der Waals surface area (Å²) < 4.78 is 16.1. The number of halogens is 3. The van der Waals surface area contributed by atoms with Crippen molar-refractivity contribution < 1.29 is 4.39 Å². The highest BCUT2D eigenvalue weighted by atomic mass is 79.9. The van der Waals surface area contributed by atoms with Gasteiger partial charge in [-0.3, -0.25) is 0 Å². The van der Waals surface area contributed by atoms with Crippen molar-refractivity contribution >= 4 is 38.6 Å². The lowest BCUT2D eigenvalue weighted by Gasteiger charge is -2.07. The summed E-state index contributed by atoms with van der Waals surface area (Å²) in [4.78, 5) is 4.47. The number of alkyl halides is 1. The van der Waals surface area contributed by atoms with E-state index < -0.39 is 0 Å². The SMILES string of the molecule is CCCCn1c(CCCl)nc2cc(F)c(Br)cc21. The van der Waals surface area contributed by atoms with E-state index >= 15 is 0 Å². The molecular weight excluding hydrogens is 319 g/mol. The first-order chi connectivity index (χ1) is 8.67. The summed E-state index contributed by atoms with van der Waals surface area (Å²) in [6.07, 6.45) is 2.90. The lowest BCUT2D eigenvalue weighted by Crippen LogP contribution is -2.04. The molecule has 0 atom stereocenters. The van der Waals surface area contributed by atoms with Crippen LogP contribution in [-0.2, 0) is 13.0 Å². The number of nitrogens with zero attached hydrogens (tertiary/aromatic N) is 2. The molecule has 0 saturated carbocycles. The zero-order valence-corrected chi connectivity index (χ0v) is 12.6. The van der Waals surface area contributed by atoms with Gasteiger partial charge in [-0.05, 0) is 28.4 Å². The third kappa shape index (κ3) is 2.69. The fourth-order valence-electron chi connectivity index (χ4n) is 2.01. The molecule has 0 bridgehead atoms. The first kappa shape index (κ1) is 13.8. The van der Waals surface area contributed by atoms with Crippen molar-refractivity contribution in [1.29, 1.82) is 0 Å². The highest BCUT2D eigenvalue weighted by Crippen LogP contribution is 2.25. The average molecular weight is 334 g/mol. The topological polar surface area (TPSA) is 17.8 Å². The van der Waals surface area contributed by atoms with Gasteiger partial charge < -0.3 is 4.57 Å². The number of benzene rings is 1. The van der Waals surface area contributed by atoms with Gasteiger partial charge >= 0.3 is 0 Å². The van der Waals surface area contributed by atoms with E-state index in [1.165, 1.54) is 6.07 Å². The van der Waals surface area contributed by atoms with Crippen LogP contribution in [0.3, 0.4) is 0 Å². The number of unbranched alkanes of at least 4 members (excludes halogenated alkanes) is 1. The molecule has 0 N–H and O–H groups in total. The van der Waals surface area contributed by atoms with Gasteiger partial charge in [0.25, 0.3) is 0 Å². The van der Waals surface area contributed by atoms with Gasteiger partial charge in [0.15, 0.2) is 0 Å². The molecule has 0 amide bonds. The fraction of sp³-hybridized carbons (Fsp3) is 0.462. The minimum Gasteiger partial charge on any atom is -0.328 e. The summed E-state index contributed by atoms with van der Waals surface area (Å²) in [5.41, 5.74) is 1.67. The molecule has 98 valence electrons. The van der Waals surface area contributed by atoms with Crippen molar-refractivity contribution in [2.24, 2.45) is 0 Å². The van der Waals surface area contributed by atoms with Crippen molar-refractivity contribution in [2.75, 3.05) is 5.88 Å². The Morgan fingerprint density at radius 1 is 1.44 bits per heavy atom. The first-order valence-corrected chi connectivity index (χ1v) is 7.40. The molecule has 0 radical (unpaired) electrons. The van der Waals surface area contributed by atoms with Crippen molar-refractivity contribution in [3.05, 3.63) is 28.2 Å². The Morgan fingerprint density at radius 3 is 2.89 bits per heavy atom. The highest BCUT2D eigenvalue weighted by Gasteiger charge is 2.12. The molecule has 0 spiro atoms. The van der Waals surface area contributed by atoms with Crippen LogP contribution < -0.4 is 0 Å². The van der Waals surface area contributed by atoms with E-state index in [1.807, 2.05) is 0 Å². The third-order valence-electron chi connectivity index (χ3n) is 2.92. The van der Waals surface area contributed by atoms with E-state index in [2.05, 4.69) is 32.4 Å². The smallest absolute Gasteiger partial charge is 0.139 e. The van der Waals surface area contributed by atoms with E-state index in [0.29, 0.717) is 22.3 Å².